The van der Waals surface area contributed by atoms with Gasteiger partial charge in [-0.25, -0.2) is 0 Å². The minimum absolute atomic E-state index is 0.135. The summed E-state index contributed by atoms with van der Waals surface area (Å²) in [7, 11) is 0. The molecule has 2 rings (SSSR count). The van der Waals surface area contributed by atoms with E-state index >= 15 is 0 Å². The summed E-state index contributed by atoms with van der Waals surface area (Å²) in [6.07, 6.45) is 2.05. The summed E-state index contributed by atoms with van der Waals surface area (Å²) in [4.78, 5) is 13.0. The van der Waals surface area contributed by atoms with Crippen LogP contribution in [0.5, 0.6) is 0 Å². The molecule has 1 saturated heterocycles. The summed E-state index contributed by atoms with van der Waals surface area (Å²) in [5.74, 6) is -0.162. The van der Waals surface area contributed by atoms with E-state index in [1.165, 1.54) is 4.90 Å². The molecule has 0 aromatic heterocycles. The van der Waals surface area contributed by atoms with Crippen LogP contribution in [0, 0.1) is 0 Å². The summed E-state index contributed by atoms with van der Waals surface area (Å²) in [6, 6.07) is 6.64. The van der Waals surface area contributed by atoms with Crippen LogP contribution in [0.25, 0.3) is 0 Å². The molecule has 0 saturated carbocycles. The zero-order chi connectivity index (χ0) is 12.5. The monoisotopic (exact) mass is 192 g/mol. The third-order valence-corrected chi connectivity index (χ3v) is 2.29. The van der Waals surface area contributed by atoms with E-state index in [-0.39, 0.29) is 17.5 Å². The van der Waals surface area contributed by atoms with E-state index in [0.717, 1.165) is 12.8 Å². The molecule has 1 aromatic rings. The lowest BCUT2D eigenvalue weighted by Crippen LogP contribution is -2.34. The lowest BCUT2D eigenvalue weighted by atomic mass is 10.1. The second-order valence-electron chi connectivity index (χ2n) is 3.39. The molecule has 1 amide bonds. The highest BCUT2D eigenvalue weighted by Gasteiger charge is 2.17. The highest BCUT2D eigenvalue weighted by atomic mass is 16.2. The molecule has 0 N–H and O–H groups in total. The Kier molecular flexibility index (Phi) is 1.90. The average Bonchev–Trinajstić information content (AvgIpc) is 2.29. The van der Waals surface area contributed by atoms with Gasteiger partial charge in [-0.15, -0.1) is 0 Å². The van der Waals surface area contributed by atoms with Crippen LogP contribution < -0.4 is 0 Å². The molecule has 1 heterocycles. The number of hydrogen-bond donors (Lipinski definition) is 0. The quantitative estimate of drug-likeness (QED) is 0.703. The Bertz CT molecular complexity index is 434. The van der Waals surface area contributed by atoms with Crippen molar-refractivity contribution in [1.29, 1.82) is 0 Å². The molecule has 0 radical (unpaired) electrons. The first-order valence-corrected chi connectivity index (χ1v) is 4.90. The number of carbonyl (C=O) groups is 1. The van der Waals surface area contributed by atoms with Gasteiger partial charge in [0.15, 0.2) is 0 Å². The van der Waals surface area contributed by atoms with Crippen molar-refractivity contribution in [2.24, 2.45) is 0 Å². The van der Waals surface area contributed by atoms with Crippen LogP contribution in [-0.4, -0.2) is 17.4 Å². The SMILES string of the molecule is [2H]c1ccccc1C([2H])([2H])N1CCCCC1=O. The number of rotatable bonds is 2. The normalized spacial score (nSPS) is 21.3. The van der Waals surface area contributed by atoms with E-state index in [1.54, 1.807) is 24.3 Å². The van der Waals surface area contributed by atoms with Crippen LogP contribution in [0.1, 0.15) is 28.9 Å². The zero-order valence-electron chi connectivity index (χ0n) is 11.0. The largest absolute Gasteiger partial charge is 0.338 e. The lowest BCUT2D eigenvalue weighted by molar-refractivity contribution is -0.133. The van der Waals surface area contributed by atoms with Gasteiger partial charge in [0, 0.05) is 19.5 Å². The van der Waals surface area contributed by atoms with Gasteiger partial charge in [-0.2, -0.15) is 0 Å². The topological polar surface area (TPSA) is 20.3 Å². The maximum Gasteiger partial charge on any atom is 0.222 e. The molecule has 0 bridgehead atoms. The van der Waals surface area contributed by atoms with Gasteiger partial charge in [0.1, 0.15) is 0 Å². The Morgan fingerprint density at radius 1 is 1.43 bits per heavy atom. The molecule has 0 spiro atoms. The van der Waals surface area contributed by atoms with Gasteiger partial charge in [-0.1, -0.05) is 30.3 Å². The molecule has 0 atom stereocenters. The minimum Gasteiger partial charge on any atom is -0.338 e. The molecular formula is C12H15NO. The molecule has 0 unspecified atom stereocenters. The van der Waals surface area contributed by atoms with Gasteiger partial charge in [-0.05, 0) is 18.4 Å². The Morgan fingerprint density at radius 2 is 2.36 bits per heavy atom. The van der Waals surface area contributed by atoms with Gasteiger partial charge in [0.05, 0.1) is 4.11 Å². The molecule has 2 nitrogen and oxygen atoms in total. The van der Waals surface area contributed by atoms with E-state index in [4.69, 9.17) is 4.11 Å². The smallest absolute Gasteiger partial charge is 0.222 e. The number of carbonyl (C=O) groups excluding carboxylic acids is 1. The molecule has 1 fully saturated rings. The Morgan fingerprint density at radius 3 is 3.14 bits per heavy atom. The fraction of sp³-hybridized carbons (Fsp3) is 0.417. The van der Waals surface area contributed by atoms with E-state index in [0.29, 0.717) is 13.0 Å². The summed E-state index contributed by atoms with van der Waals surface area (Å²) < 4.78 is 23.9. The zero-order valence-corrected chi connectivity index (χ0v) is 7.99. The fourth-order valence-corrected chi connectivity index (χ4v) is 1.53. The van der Waals surface area contributed by atoms with Crippen LogP contribution in [-0.2, 0) is 11.3 Å². The van der Waals surface area contributed by atoms with Gasteiger partial charge in [-0.3, -0.25) is 4.79 Å². The molecule has 1 aliphatic rings. The van der Waals surface area contributed by atoms with Crippen molar-refractivity contribution < 1.29 is 8.91 Å². The van der Waals surface area contributed by atoms with Gasteiger partial charge >= 0.3 is 0 Å². The third kappa shape index (κ3) is 2.13. The van der Waals surface area contributed by atoms with Crippen molar-refractivity contribution in [3.05, 3.63) is 35.9 Å². The van der Waals surface area contributed by atoms with Gasteiger partial charge in [0.25, 0.3) is 0 Å². The highest BCUT2D eigenvalue weighted by Crippen LogP contribution is 2.13. The van der Waals surface area contributed by atoms with E-state index < -0.39 is 6.50 Å². The first-order valence-electron chi connectivity index (χ1n) is 6.40. The first-order chi connectivity index (χ1) is 8.03. The second kappa shape index (κ2) is 4.27. The van der Waals surface area contributed by atoms with Crippen molar-refractivity contribution in [3.8, 4) is 0 Å². The summed E-state index contributed by atoms with van der Waals surface area (Å²) in [6.45, 7) is -1.45. The van der Waals surface area contributed by atoms with Crippen molar-refractivity contribution in [3.63, 3.8) is 0 Å². The number of hydrogen-bond acceptors (Lipinski definition) is 1. The van der Waals surface area contributed by atoms with Gasteiger partial charge in [0.2, 0.25) is 5.91 Å². The Balaban J connectivity index is 2.35. The van der Waals surface area contributed by atoms with Crippen molar-refractivity contribution in [2.45, 2.75) is 25.8 Å². The second-order valence-corrected chi connectivity index (χ2v) is 3.39. The maximum absolute atomic E-state index is 11.8. The molecule has 2 heteroatoms. The van der Waals surface area contributed by atoms with E-state index in [2.05, 4.69) is 0 Å². The minimum atomic E-state index is -1.88. The number of benzene rings is 1. The average molecular weight is 192 g/mol. The van der Waals surface area contributed by atoms with Gasteiger partial charge < -0.3 is 4.90 Å². The number of nitrogens with zero attached hydrogens (tertiary/aromatic N) is 1. The number of likely N-dealkylation sites (tertiary alicyclic amines) is 1. The van der Waals surface area contributed by atoms with Crippen LogP contribution >= 0.6 is 0 Å². The summed E-state index contributed by atoms with van der Waals surface area (Å²) in [5, 5.41) is 0. The summed E-state index contributed by atoms with van der Waals surface area (Å²) >= 11 is 0. The fourth-order valence-electron chi connectivity index (χ4n) is 1.53. The molecule has 1 aromatic carbocycles. The number of piperidine rings is 1. The predicted octanol–water partition coefficient (Wildman–Crippen LogP) is 2.20. The summed E-state index contributed by atoms with van der Waals surface area (Å²) in [5.41, 5.74) is 0.259. The molecule has 14 heavy (non-hydrogen) atoms. The lowest BCUT2D eigenvalue weighted by Gasteiger charge is -2.26. The number of amides is 1. The highest BCUT2D eigenvalue weighted by molar-refractivity contribution is 5.76. The maximum atomic E-state index is 11.8. The molecular weight excluding hydrogens is 174 g/mol. The molecule has 74 valence electrons. The first kappa shape index (κ1) is 6.23. The standard InChI is InChI=1S/C12H15NO/c14-12-8-4-5-9-13(12)10-11-6-2-1-3-7-11/h1-3,6-7H,4-5,8-10H2/i6D,10D2. The van der Waals surface area contributed by atoms with Crippen LogP contribution in [0.4, 0.5) is 0 Å². The van der Waals surface area contributed by atoms with Crippen molar-refractivity contribution >= 4 is 5.91 Å². The van der Waals surface area contributed by atoms with Crippen LogP contribution in [0.3, 0.4) is 0 Å². The predicted molar refractivity (Wildman–Crippen MR) is 55.7 cm³/mol. The molecule has 1 aliphatic heterocycles. The third-order valence-electron chi connectivity index (χ3n) is 2.29. The van der Waals surface area contributed by atoms with Crippen molar-refractivity contribution in [1.82, 2.24) is 4.90 Å². The van der Waals surface area contributed by atoms with E-state index in [9.17, 15) is 4.79 Å². The van der Waals surface area contributed by atoms with Crippen molar-refractivity contribution in [2.75, 3.05) is 6.54 Å². The van der Waals surface area contributed by atoms with Crippen LogP contribution in [0.2, 0.25) is 0 Å². The van der Waals surface area contributed by atoms with E-state index in [1.807, 2.05) is 0 Å². The Hall–Kier alpha value is -1.31. The molecule has 0 aliphatic carbocycles. The Labute approximate surface area is 88.8 Å². The van der Waals surface area contributed by atoms with Crippen LogP contribution in [0.15, 0.2) is 30.3 Å².